The van der Waals surface area contributed by atoms with Crippen LogP contribution in [0.25, 0.3) is 5.00 Å². The van der Waals surface area contributed by atoms with Gasteiger partial charge in [0, 0.05) is 22.8 Å². The Morgan fingerprint density at radius 3 is 2.67 bits per heavy atom. The minimum atomic E-state index is -0.246. The van der Waals surface area contributed by atoms with Crippen molar-refractivity contribution in [2.45, 2.75) is 38.6 Å². The molecule has 4 nitrogen and oxygen atoms in total. The van der Waals surface area contributed by atoms with Gasteiger partial charge >= 0.3 is 6.03 Å². The van der Waals surface area contributed by atoms with Crippen LogP contribution in [0.2, 0.25) is 5.02 Å². The lowest BCUT2D eigenvalue weighted by molar-refractivity contribution is 0.249. The number of urea groups is 1. The molecule has 2 aromatic heterocycles. The van der Waals surface area contributed by atoms with Crippen molar-refractivity contribution in [2.75, 3.05) is 5.32 Å². The van der Waals surface area contributed by atoms with Crippen molar-refractivity contribution in [1.29, 1.82) is 0 Å². The predicted molar refractivity (Wildman–Crippen MR) is 112 cm³/mol. The van der Waals surface area contributed by atoms with E-state index in [0.717, 1.165) is 12.8 Å². The summed E-state index contributed by atoms with van der Waals surface area (Å²) in [6.07, 6.45) is 8.80. The Morgan fingerprint density at radius 1 is 1.15 bits per heavy atom. The Hall–Kier alpha value is -2.24. The molecule has 0 fully saturated rings. The highest BCUT2D eigenvalue weighted by molar-refractivity contribution is 7.15. The number of aromatic nitrogens is 1. The smallest absolute Gasteiger partial charge is 0.319 e. The highest BCUT2D eigenvalue weighted by Crippen LogP contribution is 2.40. The Bertz CT molecular complexity index is 948. The van der Waals surface area contributed by atoms with Crippen LogP contribution in [0.5, 0.6) is 0 Å². The Balaban J connectivity index is 1.59. The first-order valence-electron chi connectivity index (χ1n) is 9.23. The van der Waals surface area contributed by atoms with Crippen LogP contribution in [0, 0.1) is 0 Å². The molecule has 6 heteroatoms. The summed E-state index contributed by atoms with van der Waals surface area (Å²) in [5.41, 5.74) is 3.27. The topological polar surface area (TPSA) is 46.1 Å². The van der Waals surface area contributed by atoms with Crippen LogP contribution in [-0.4, -0.2) is 10.6 Å². The Kier molecular flexibility index (Phi) is 5.23. The van der Waals surface area contributed by atoms with Crippen molar-refractivity contribution in [3.63, 3.8) is 0 Å². The Morgan fingerprint density at radius 2 is 1.89 bits per heavy atom. The number of hydrogen-bond acceptors (Lipinski definition) is 2. The van der Waals surface area contributed by atoms with E-state index >= 15 is 0 Å². The zero-order valence-corrected chi connectivity index (χ0v) is 16.7. The molecule has 1 aliphatic rings. The first kappa shape index (κ1) is 18.1. The molecule has 4 rings (SSSR count). The largest absolute Gasteiger partial charge is 0.331 e. The first-order valence-corrected chi connectivity index (χ1v) is 10.4. The molecule has 1 aliphatic carbocycles. The van der Waals surface area contributed by atoms with Crippen LogP contribution in [0.3, 0.4) is 0 Å². The van der Waals surface area contributed by atoms with E-state index in [1.807, 2.05) is 35.6 Å². The minimum Gasteiger partial charge on any atom is -0.331 e. The van der Waals surface area contributed by atoms with E-state index < -0.39 is 0 Å². The summed E-state index contributed by atoms with van der Waals surface area (Å²) in [5, 5.41) is 7.68. The molecule has 140 valence electrons. The summed E-state index contributed by atoms with van der Waals surface area (Å²) in [7, 11) is 0. The van der Waals surface area contributed by atoms with E-state index in [9.17, 15) is 4.79 Å². The number of aryl methyl sites for hydroxylation is 1. The molecule has 0 aliphatic heterocycles. The van der Waals surface area contributed by atoms with Gasteiger partial charge in [-0.25, -0.2) is 4.79 Å². The zero-order chi connectivity index (χ0) is 18.8. The molecule has 1 atom stereocenters. The molecular weight excluding hydrogens is 378 g/mol. The second-order valence-electron chi connectivity index (χ2n) is 6.82. The van der Waals surface area contributed by atoms with Gasteiger partial charge in [0.05, 0.1) is 16.8 Å². The molecule has 0 spiro atoms. The van der Waals surface area contributed by atoms with Crippen molar-refractivity contribution >= 4 is 34.7 Å². The molecule has 1 aromatic carbocycles. The van der Waals surface area contributed by atoms with Crippen LogP contribution in [0.15, 0.2) is 48.8 Å². The SMILES string of the molecule is C[C@@H](NC(=O)Nc1ccccc1Cl)c1c(-n2cccc2)sc2c1CCCC2. The standard InChI is InChI=1S/C21H22ClN3OS/c1-14(23-21(26)24-17-10-4-3-9-16(17)22)19-15-8-2-5-11-18(15)27-20(19)25-12-6-7-13-25/h3-4,6-7,9-10,12-14H,2,5,8,11H2,1H3,(H2,23,24,26)/t14-/m1/s1. The van der Waals surface area contributed by atoms with Gasteiger partial charge in [0.25, 0.3) is 0 Å². The normalized spacial score (nSPS) is 14.4. The maximum absolute atomic E-state index is 12.6. The van der Waals surface area contributed by atoms with E-state index in [-0.39, 0.29) is 12.1 Å². The summed E-state index contributed by atoms with van der Waals surface area (Å²) in [4.78, 5) is 14.0. The number of nitrogens with zero attached hydrogens (tertiary/aromatic N) is 1. The lowest BCUT2D eigenvalue weighted by Gasteiger charge is -2.20. The highest BCUT2D eigenvalue weighted by atomic mass is 35.5. The third-order valence-electron chi connectivity index (χ3n) is 4.93. The number of carbonyl (C=O) groups is 1. The number of anilines is 1. The van der Waals surface area contributed by atoms with Crippen LogP contribution in [0.1, 0.15) is 41.8 Å². The number of amides is 2. The van der Waals surface area contributed by atoms with E-state index in [2.05, 4.69) is 34.5 Å². The van der Waals surface area contributed by atoms with E-state index in [1.54, 1.807) is 12.1 Å². The molecular formula is C21H22ClN3OS. The molecule has 0 bridgehead atoms. The molecule has 2 N–H and O–H groups in total. The number of thiophene rings is 1. The van der Waals surface area contributed by atoms with Gasteiger partial charge in [-0.1, -0.05) is 23.7 Å². The van der Waals surface area contributed by atoms with Crippen LogP contribution >= 0.6 is 22.9 Å². The average molecular weight is 400 g/mol. The number of nitrogens with one attached hydrogen (secondary N) is 2. The molecule has 0 saturated carbocycles. The number of hydrogen-bond donors (Lipinski definition) is 2. The fraction of sp³-hybridized carbons (Fsp3) is 0.286. The summed E-state index contributed by atoms with van der Waals surface area (Å²) in [6, 6.07) is 11.0. The third-order valence-corrected chi connectivity index (χ3v) is 6.58. The van der Waals surface area contributed by atoms with Gasteiger partial charge in [0.15, 0.2) is 0 Å². The number of benzene rings is 1. The number of rotatable bonds is 4. The lowest BCUT2D eigenvalue weighted by Crippen LogP contribution is -2.32. The van der Waals surface area contributed by atoms with Gasteiger partial charge in [-0.15, -0.1) is 11.3 Å². The lowest BCUT2D eigenvalue weighted by atomic mass is 9.93. The maximum Gasteiger partial charge on any atom is 0.319 e. The van der Waals surface area contributed by atoms with Gasteiger partial charge in [-0.3, -0.25) is 0 Å². The quantitative estimate of drug-likeness (QED) is 0.559. The first-order chi connectivity index (χ1) is 13.1. The van der Waals surface area contributed by atoms with E-state index in [1.165, 1.54) is 33.8 Å². The van der Waals surface area contributed by atoms with Crippen LogP contribution < -0.4 is 10.6 Å². The summed E-state index contributed by atoms with van der Waals surface area (Å²) < 4.78 is 2.16. The van der Waals surface area contributed by atoms with Gasteiger partial charge in [-0.2, -0.15) is 0 Å². The molecule has 0 saturated heterocycles. The van der Waals surface area contributed by atoms with Crippen molar-refractivity contribution in [2.24, 2.45) is 0 Å². The second-order valence-corrected chi connectivity index (χ2v) is 8.31. The fourth-order valence-corrected chi connectivity index (χ4v) is 5.31. The molecule has 3 aromatic rings. The molecule has 27 heavy (non-hydrogen) atoms. The van der Waals surface area contributed by atoms with Gasteiger partial charge in [-0.05, 0) is 62.4 Å². The van der Waals surface area contributed by atoms with E-state index in [4.69, 9.17) is 11.6 Å². The Labute approximate surface area is 168 Å². The second kappa shape index (κ2) is 7.79. The number of para-hydroxylation sites is 1. The maximum atomic E-state index is 12.6. The summed E-state index contributed by atoms with van der Waals surface area (Å²) in [6.45, 7) is 2.05. The van der Waals surface area contributed by atoms with Gasteiger partial charge in [0.1, 0.15) is 5.00 Å². The molecule has 0 radical (unpaired) electrons. The van der Waals surface area contributed by atoms with Gasteiger partial charge in [0.2, 0.25) is 0 Å². The molecule has 2 heterocycles. The van der Waals surface area contributed by atoms with Crippen molar-refractivity contribution in [3.8, 4) is 5.00 Å². The van der Waals surface area contributed by atoms with E-state index in [0.29, 0.717) is 10.7 Å². The van der Waals surface area contributed by atoms with Crippen molar-refractivity contribution in [1.82, 2.24) is 9.88 Å². The van der Waals surface area contributed by atoms with Crippen molar-refractivity contribution in [3.05, 3.63) is 69.8 Å². The molecule has 2 amide bonds. The summed E-state index contributed by atoms with van der Waals surface area (Å²) in [5.74, 6) is 0. The number of fused-ring (bicyclic) bond motifs is 1. The predicted octanol–water partition coefficient (Wildman–Crippen LogP) is 5.95. The fourth-order valence-electron chi connectivity index (χ4n) is 3.67. The monoisotopic (exact) mass is 399 g/mol. The third kappa shape index (κ3) is 3.75. The molecule has 0 unspecified atom stereocenters. The average Bonchev–Trinajstić information content (AvgIpc) is 3.30. The number of carbonyl (C=O) groups excluding carboxylic acids is 1. The minimum absolute atomic E-state index is 0.0945. The zero-order valence-electron chi connectivity index (χ0n) is 15.2. The number of halogens is 1. The summed E-state index contributed by atoms with van der Waals surface area (Å²) >= 11 is 8.00. The van der Waals surface area contributed by atoms with Crippen LogP contribution in [0.4, 0.5) is 10.5 Å². The van der Waals surface area contributed by atoms with Crippen molar-refractivity contribution < 1.29 is 4.79 Å². The highest BCUT2D eigenvalue weighted by Gasteiger charge is 2.26. The van der Waals surface area contributed by atoms with Crippen LogP contribution in [-0.2, 0) is 12.8 Å². The van der Waals surface area contributed by atoms with Gasteiger partial charge < -0.3 is 15.2 Å².